The Bertz CT molecular complexity index is 2120. The summed E-state index contributed by atoms with van der Waals surface area (Å²) in [6.07, 6.45) is 1.15. The normalized spacial score (nSPS) is 11.7. The van der Waals surface area contributed by atoms with E-state index in [4.69, 9.17) is 21.0 Å². The minimum Gasteiger partial charge on any atom is -0.455 e. The zero-order valence-electron chi connectivity index (χ0n) is 23.2. The maximum atomic E-state index is 13.2. The molecule has 0 aliphatic rings. The first-order valence-electron chi connectivity index (χ1n) is 13.0. The average molecular weight is 616 g/mol. The molecule has 0 unspecified atom stereocenters. The molecule has 2 aromatic heterocycles. The molecule has 212 valence electrons. The van der Waals surface area contributed by atoms with Gasteiger partial charge in [0.1, 0.15) is 16.4 Å². The molecule has 2 heterocycles. The molecule has 0 aliphatic carbocycles. The summed E-state index contributed by atoms with van der Waals surface area (Å²) >= 11 is 7.73. The summed E-state index contributed by atoms with van der Waals surface area (Å²) in [6.45, 7) is 1.99. The first-order valence-corrected chi connectivity index (χ1v) is 16.1. The number of nitrogens with one attached hydrogen (secondary N) is 1. The highest BCUT2D eigenvalue weighted by Crippen LogP contribution is 2.42. The molecule has 0 fully saturated rings. The molecule has 0 saturated carbocycles. The first-order chi connectivity index (χ1) is 20.0. The smallest absolute Gasteiger partial charge is 0.255 e. The molecule has 0 aliphatic heterocycles. The fourth-order valence-electron chi connectivity index (χ4n) is 4.91. The monoisotopic (exact) mass is 615 g/mol. The highest BCUT2D eigenvalue weighted by molar-refractivity contribution is 7.92. The first kappa shape index (κ1) is 28.0. The number of aromatic nitrogens is 1. The lowest BCUT2D eigenvalue weighted by molar-refractivity contribution is 0.0964. The third-order valence-corrected chi connectivity index (χ3v) is 9.69. The van der Waals surface area contributed by atoms with Crippen LogP contribution in [0.5, 0.6) is 0 Å². The lowest BCUT2D eigenvalue weighted by Crippen LogP contribution is -2.25. The SMILES string of the molecule is CNC(=O)c1c(-c2ccc(C)cc2)oc2cc(N(C)S(C)(=O)=O)c(-c3cccc(-c4nc5cc(Cl)ccc5s4)c3)cc12. The van der Waals surface area contributed by atoms with Crippen LogP contribution in [-0.2, 0) is 10.0 Å². The van der Waals surface area contributed by atoms with Gasteiger partial charge >= 0.3 is 0 Å². The number of sulfonamides is 1. The number of amides is 1. The van der Waals surface area contributed by atoms with E-state index in [2.05, 4.69) is 5.32 Å². The Labute approximate surface area is 252 Å². The van der Waals surface area contributed by atoms with E-state index in [0.717, 1.165) is 43.7 Å². The van der Waals surface area contributed by atoms with E-state index in [1.54, 1.807) is 24.5 Å². The van der Waals surface area contributed by atoms with Crippen LogP contribution in [0.4, 0.5) is 5.69 Å². The van der Waals surface area contributed by atoms with Crippen LogP contribution in [0.3, 0.4) is 0 Å². The average Bonchev–Trinajstić information content (AvgIpc) is 3.56. The summed E-state index contributed by atoms with van der Waals surface area (Å²) in [6, 6.07) is 24.6. The van der Waals surface area contributed by atoms with Crippen LogP contribution in [0.1, 0.15) is 15.9 Å². The van der Waals surface area contributed by atoms with Crippen molar-refractivity contribution in [1.29, 1.82) is 0 Å². The Kier molecular flexibility index (Phi) is 7.04. The van der Waals surface area contributed by atoms with Gasteiger partial charge in [-0.05, 0) is 42.8 Å². The van der Waals surface area contributed by atoms with Gasteiger partial charge in [-0.1, -0.05) is 59.6 Å². The number of furan rings is 1. The summed E-state index contributed by atoms with van der Waals surface area (Å²) in [5, 5.41) is 4.73. The Morgan fingerprint density at radius 3 is 2.43 bits per heavy atom. The minimum absolute atomic E-state index is 0.304. The van der Waals surface area contributed by atoms with Crippen molar-refractivity contribution in [2.45, 2.75) is 6.92 Å². The topological polar surface area (TPSA) is 92.5 Å². The number of anilines is 1. The number of aryl methyl sites for hydroxylation is 1. The lowest BCUT2D eigenvalue weighted by Gasteiger charge is -2.21. The number of carbonyl (C=O) groups excluding carboxylic acids is 1. The van der Waals surface area contributed by atoms with Crippen LogP contribution in [0.2, 0.25) is 5.02 Å². The number of fused-ring (bicyclic) bond motifs is 2. The predicted octanol–water partition coefficient (Wildman–Crippen LogP) is 7.76. The van der Waals surface area contributed by atoms with Crippen LogP contribution in [0.15, 0.2) is 83.3 Å². The van der Waals surface area contributed by atoms with Gasteiger partial charge in [-0.15, -0.1) is 11.3 Å². The van der Waals surface area contributed by atoms with Crippen LogP contribution in [0, 0.1) is 6.92 Å². The third kappa shape index (κ3) is 5.04. The fourth-order valence-corrected chi connectivity index (χ4v) is 6.52. The molecule has 4 aromatic carbocycles. The molecule has 42 heavy (non-hydrogen) atoms. The molecule has 7 nitrogen and oxygen atoms in total. The van der Waals surface area contributed by atoms with Gasteiger partial charge in [-0.25, -0.2) is 13.4 Å². The summed E-state index contributed by atoms with van der Waals surface area (Å²) in [7, 11) is -0.555. The van der Waals surface area contributed by atoms with E-state index in [9.17, 15) is 13.2 Å². The van der Waals surface area contributed by atoms with Crippen molar-refractivity contribution in [2.24, 2.45) is 0 Å². The largest absolute Gasteiger partial charge is 0.455 e. The van der Waals surface area contributed by atoms with Gasteiger partial charge < -0.3 is 9.73 Å². The fraction of sp³-hybridized carbons (Fsp3) is 0.125. The van der Waals surface area contributed by atoms with Gasteiger partial charge in [-0.2, -0.15) is 0 Å². The van der Waals surface area contributed by atoms with Gasteiger partial charge in [0, 0.05) is 47.3 Å². The van der Waals surface area contributed by atoms with Crippen molar-refractivity contribution >= 4 is 65.7 Å². The van der Waals surface area contributed by atoms with Gasteiger partial charge in [0.2, 0.25) is 10.0 Å². The molecule has 0 radical (unpaired) electrons. The Morgan fingerprint density at radius 1 is 0.976 bits per heavy atom. The molecule has 0 atom stereocenters. The molecule has 1 N–H and O–H groups in total. The van der Waals surface area contributed by atoms with Crippen molar-refractivity contribution in [3.8, 4) is 33.0 Å². The van der Waals surface area contributed by atoms with E-state index in [1.807, 2.05) is 79.7 Å². The van der Waals surface area contributed by atoms with Crippen molar-refractivity contribution in [3.05, 3.63) is 95.0 Å². The number of thiazole rings is 1. The van der Waals surface area contributed by atoms with E-state index in [1.165, 1.54) is 11.4 Å². The molecule has 1 amide bonds. The van der Waals surface area contributed by atoms with Crippen molar-refractivity contribution in [3.63, 3.8) is 0 Å². The van der Waals surface area contributed by atoms with E-state index < -0.39 is 10.0 Å². The molecule has 10 heteroatoms. The maximum absolute atomic E-state index is 13.2. The van der Waals surface area contributed by atoms with Crippen LogP contribution >= 0.6 is 22.9 Å². The minimum atomic E-state index is -3.63. The summed E-state index contributed by atoms with van der Waals surface area (Å²) in [5.41, 5.74) is 6.09. The lowest BCUT2D eigenvalue weighted by atomic mass is 9.97. The molecule has 6 rings (SSSR count). The second kappa shape index (κ2) is 10.6. The number of hydrogen-bond acceptors (Lipinski definition) is 6. The van der Waals surface area contributed by atoms with E-state index in [0.29, 0.717) is 38.6 Å². The second-order valence-electron chi connectivity index (χ2n) is 10.1. The Hall–Kier alpha value is -4.18. The van der Waals surface area contributed by atoms with Crippen LogP contribution in [-0.4, -0.2) is 39.7 Å². The van der Waals surface area contributed by atoms with Gasteiger partial charge in [0.15, 0.2) is 0 Å². The molecule has 6 aromatic rings. The number of halogens is 1. The van der Waals surface area contributed by atoms with Crippen molar-refractivity contribution in [1.82, 2.24) is 10.3 Å². The maximum Gasteiger partial charge on any atom is 0.255 e. The van der Waals surface area contributed by atoms with Crippen molar-refractivity contribution in [2.75, 3.05) is 24.7 Å². The Balaban J connectivity index is 1.60. The number of benzene rings is 4. The molecular weight excluding hydrogens is 590 g/mol. The van der Waals surface area contributed by atoms with Crippen LogP contribution < -0.4 is 9.62 Å². The standard InChI is InChI=1S/C32H26ClN3O4S2/c1-18-8-10-19(11-9-18)30-29(31(37)34-2)24-16-23(26(17-27(24)40-30)36(3)42(4,38)39)20-6-5-7-21(14-20)32-35-25-15-22(33)12-13-28(25)41-32/h5-17H,1-4H3,(H,34,37). The number of carbonyl (C=O) groups is 1. The van der Waals surface area contributed by atoms with Gasteiger partial charge in [0.05, 0.1) is 27.7 Å². The molecular formula is C32H26ClN3O4S2. The van der Waals surface area contributed by atoms with Gasteiger partial charge in [-0.3, -0.25) is 9.10 Å². The molecule has 0 saturated heterocycles. The predicted molar refractivity (Wildman–Crippen MR) is 172 cm³/mol. The third-order valence-electron chi connectivity index (χ3n) is 7.18. The summed E-state index contributed by atoms with van der Waals surface area (Å²) < 4.78 is 34.0. The molecule has 0 spiro atoms. The van der Waals surface area contributed by atoms with E-state index >= 15 is 0 Å². The van der Waals surface area contributed by atoms with Crippen molar-refractivity contribution < 1.29 is 17.6 Å². The molecule has 0 bridgehead atoms. The highest BCUT2D eigenvalue weighted by atomic mass is 35.5. The summed E-state index contributed by atoms with van der Waals surface area (Å²) in [4.78, 5) is 18.0. The Morgan fingerprint density at radius 2 is 1.71 bits per heavy atom. The highest BCUT2D eigenvalue weighted by Gasteiger charge is 2.26. The quantitative estimate of drug-likeness (QED) is 0.207. The zero-order valence-corrected chi connectivity index (χ0v) is 25.6. The number of hydrogen-bond donors (Lipinski definition) is 1. The second-order valence-corrected chi connectivity index (χ2v) is 13.5. The number of rotatable bonds is 6. The number of nitrogens with zero attached hydrogens (tertiary/aromatic N) is 2. The summed E-state index contributed by atoms with van der Waals surface area (Å²) in [5.74, 6) is 0.109. The zero-order chi connectivity index (χ0) is 29.8. The van der Waals surface area contributed by atoms with E-state index in [-0.39, 0.29) is 5.91 Å². The van der Waals surface area contributed by atoms with Crippen LogP contribution in [0.25, 0.3) is 54.2 Å². The van der Waals surface area contributed by atoms with Gasteiger partial charge in [0.25, 0.3) is 5.91 Å².